The van der Waals surface area contributed by atoms with Crippen molar-refractivity contribution in [2.24, 2.45) is 5.10 Å². The summed E-state index contributed by atoms with van der Waals surface area (Å²) in [5, 5.41) is 7.82. The van der Waals surface area contributed by atoms with Gasteiger partial charge in [-0.2, -0.15) is 5.10 Å². The Hall–Kier alpha value is -1.82. The van der Waals surface area contributed by atoms with Gasteiger partial charge in [-0.1, -0.05) is 69.5 Å². The van der Waals surface area contributed by atoms with Gasteiger partial charge in [-0.05, 0) is 52.7 Å². The number of hydrazone groups is 1. The van der Waals surface area contributed by atoms with Gasteiger partial charge in [0, 0.05) is 27.0 Å². The van der Waals surface area contributed by atoms with E-state index in [2.05, 4.69) is 74.1 Å². The van der Waals surface area contributed by atoms with E-state index in [1.165, 1.54) is 5.56 Å². The van der Waals surface area contributed by atoms with Crippen molar-refractivity contribution >= 4 is 49.2 Å². The van der Waals surface area contributed by atoms with Gasteiger partial charge in [0.05, 0.1) is 16.2 Å². The van der Waals surface area contributed by atoms with Gasteiger partial charge in [0.15, 0.2) is 0 Å². The molecule has 0 unspecified atom stereocenters. The van der Waals surface area contributed by atoms with Crippen LogP contribution in [0.5, 0.6) is 5.75 Å². The summed E-state index contributed by atoms with van der Waals surface area (Å²) < 4.78 is 8.45. The maximum absolute atomic E-state index is 6.49. The lowest BCUT2D eigenvalue weighted by atomic mass is 9.96. The van der Waals surface area contributed by atoms with E-state index >= 15 is 0 Å². The fourth-order valence-corrected chi connectivity index (χ4v) is 5.36. The van der Waals surface area contributed by atoms with E-state index in [-0.39, 0.29) is 12.3 Å². The summed E-state index contributed by atoms with van der Waals surface area (Å²) in [5.41, 5.74) is 5.56. The summed E-state index contributed by atoms with van der Waals surface area (Å²) in [6.45, 7) is 2.09. The number of aryl methyl sites for hydroxylation is 1. The molecule has 3 aromatic rings. The molecule has 2 aliphatic rings. The molecule has 0 bridgehead atoms. The van der Waals surface area contributed by atoms with Gasteiger partial charge >= 0.3 is 0 Å². The van der Waals surface area contributed by atoms with Crippen LogP contribution in [0.25, 0.3) is 0 Å². The maximum Gasteiger partial charge on any atom is 0.213 e. The molecule has 3 aromatic carbocycles. The Morgan fingerprint density at radius 2 is 1.76 bits per heavy atom. The van der Waals surface area contributed by atoms with Gasteiger partial charge in [-0.3, -0.25) is 0 Å². The third-order valence-electron chi connectivity index (χ3n) is 5.35. The number of nitrogens with zero attached hydrogens (tertiary/aromatic N) is 2. The van der Waals surface area contributed by atoms with E-state index in [0.717, 1.165) is 48.5 Å². The summed E-state index contributed by atoms with van der Waals surface area (Å²) in [6, 6.07) is 20.6. The molecule has 2 atom stereocenters. The minimum atomic E-state index is -0.282. The first kappa shape index (κ1) is 19.2. The quantitative estimate of drug-likeness (QED) is 0.343. The van der Waals surface area contributed by atoms with E-state index in [4.69, 9.17) is 21.4 Å². The van der Waals surface area contributed by atoms with Crippen LogP contribution in [0.1, 0.15) is 40.9 Å². The van der Waals surface area contributed by atoms with E-state index in [1.807, 2.05) is 30.3 Å². The molecule has 3 nitrogen and oxygen atoms in total. The Morgan fingerprint density at radius 3 is 2.48 bits per heavy atom. The van der Waals surface area contributed by atoms with Crippen molar-refractivity contribution in [2.75, 3.05) is 0 Å². The molecule has 0 N–H and O–H groups in total. The van der Waals surface area contributed by atoms with Crippen LogP contribution in [0, 0.1) is 6.92 Å². The van der Waals surface area contributed by atoms with Gasteiger partial charge in [0.25, 0.3) is 0 Å². The Labute approximate surface area is 191 Å². The van der Waals surface area contributed by atoms with Crippen molar-refractivity contribution in [3.63, 3.8) is 0 Å². The normalized spacial score (nSPS) is 20.0. The second-order valence-corrected chi connectivity index (χ2v) is 9.55. The van der Waals surface area contributed by atoms with Gasteiger partial charge in [0.2, 0.25) is 6.23 Å². The zero-order chi connectivity index (χ0) is 20.1. The number of rotatable bonds is 2. The Bertz CT molecular complexity index is 1110. The average Bonchev–Trinajstić information content (AvgIpc) is 3.14. The maximum atomic E-state index is 6.49. The molecule has 0 aliphatic carbocycles. The van der Waals surface area contributed by atoms with Crippen molar-refractivity contribution in [3.05, 3.63) is 96.9 Å². The van der Waals surface area contributed by atoms with Crippen LogP contribution in [0.4, 0.5) is 0 Å². The predicted octanol–water partition coefficient (Wildman–Crippen LogP) is 7.42. The molecule has 2 heterocycles. The predicted molar refractivity (Wildman–Crippen MR) is 124 cm³/mol. The summed E-state index contributed by atoms with van der Waals surface area (Å²) >= 11 is 13.4. The molecule has 0 saturated heterocycles. The SMILES string of the molecule is Cc1ccc([C@H]2Oc3c(Br)cc(Br)cc3[C@@H]3CC(c4ccc(Cl)cc4)=NN23)cc1. The molecular formula is C23H17Br2ClN2O. The highest BCUT2D eigenvalue weighted by Crippen LogP contribution is 2.50. The number of halogens is 3. The zero-order valence-electron chi connectivity index (χ0n) is 15.6. The van der Waals surface area contributed by atoms with Crippen molar-refractivity contribution < 1.29 is 4.74 Å². The van der Waals surface area contributed by atoms with Crippen molar-refractivity contribution in [1.82, 2.24) is 5.01 Å². The van der Waals surface area contributed by atoms with E-state index in [1.54, 1.807) is 0 Å². The lowest BCUT2D eigenvalue weighted by Crippen LogP contribution is -2.33. The molecule has 0 fully saturated rings. The van der Waals surface area contributed by atoms with Crippen LogP contribution in [0.15, 0.2) is 74.7 Å². The van der Waals surface area contributed by atoms with E-state index < -0.39 is 0 Å². The van der Waals surface area contributed by atoms with Crippen molar-refractivity contribution in [3.8, 4) is 5.75 Å². The van der Waals surface area contributed by atoms with Gasteiger partial charge in [-0.25, -0.2) is 5.01 Å². The molecule has 0 spiro atoms. The number of hydrogen-bond donors (Lipinski definition) is 0. The van der Waals surface area contributed by atoms with Crippen molar-refractivity contribution in [1.29, 1.82) is 0 Å². The monoisotopic (exact) mass is 530 g/mol. The van der Waals surface area contributed by atoms with Crippen LogP contribution in [0.3, 0.4) is 0 Å². The van der Waals surface area contributed by atoms with Gasteiger partial charge in [-0.15, -0.1) is 0 Å². The fraction of sp³-hybridized carbons (Fsp3) is 0.174. The fourth-order valence-electron chi connectivity index (χ4n) is 3.88. The van der Waals surface area contributed by atoms with Crippen LogP contribution < -0.4 is 4.74 Å². The molecule has 0 saturated carbocycles. The molecule has 5 rings (SSSR count). The van der Waals surface area contributed by atoms with Crippen LogP contribution in [-0.2, 0) is 0 Å². The standard InChI is InChI=1S/C23H17Br2ClN2O/c1-13-2-4-15(5-3-13)23-28-21(18-10-16(24)11-19(25)22(18)29-23)12-20(27-28)14-6-8-17(26)9-7-14/h2-11,21,23H,12H2,1H3/t21-,23+/m0/s1. The Kier molecular flexibility index (Phi) is 4.93. The Balaban J connectivity index is 1.62. The lowest BCUT2D eigenvalue weighted by molar-refractivity contribution is -0.0197. The zero-order valence-corrected chi connectivity index (χ0v) is 19.5. The molecule has 146 valence electrons. The first-order valence-electron chi connectivity index (χ1n) is 9.33. The molecule has 0 amide bonds. The summed E-state index contributed by atoms with van der Waals surface area (Å²) in [7, 11) is 0. The molecule has 29 heavy (non-hydrogen) atoms. The average molecular weight is 533 g/mol. The molecule has 6 heteroatoms. The van der Waals surface area contributed by atoms with Crippen LogP contribution in [0.2, 0.25) is 5.02 Å². The number of hydrogen-bond acceptors (Lipinski definition) is 3. The second-order valence-electron chi connectivity index (χ2n) is 7.34. The van der Waals surface area contributed by atoms with Crippen molar-refractivity contribution in [2.45, 2.75) is 25.6 Å². The summed E-state index contributed by atoms with van der Waals surface area (Å²) in [5.74, 6) is 0.882. The van der Waals surface area contributed by atoms with E-state index in [0.29, 0.717) is 0 Å². The van der Waals surface area contributed by atoms with Crippen LogP contribution in [-0.4, -0.2) is 10.7 Å². The third kappa shape index (κ3) is 3.49. The minimum Gasteiger partial charge on any atom is -0.463 e. The highest BCUT2D eigenvalue weighted by atomic mass is 79.9. The summed E-state index contributed by atoms with van der Waals surface area (Å²) in [4.78, 5) is 0. The largest absolute Gasteiger partial charge is 0.463 e. The smallest absolute Gasteiger partial charge is 0.213 e. The van der Waals surface area contributed by atoms with Gasteiger partial charge in [0.1, 0.15) is 5.75 Å². The number of benzene rings is 3. The summed E-state index contributed by atoms with van der Waals surface area (Å²) in [6.07, 6.45) is 0.527. The first-order valence-corrected chi connectivity index (χ1v) is 11.3. The van der Waals surface area contributed by atoms with E-state index in [9.17, 15) is 0 Å². The van der Waals surface area contributed by atoms with Crippen LogP contribution >= 0.6 is 43.5 Å². The minimum absolute atomic E-state index is 0.101. The molecule has 2 aliphatic heterocycles. The molecular weight excluding hydrogens is 516 g/mol. The lowest BCUT2D eigenvalue weighted by Gasteiger charge is -2.38. The third-order valence-corrected chi connectivity index (χ3v) is 6.65. The number of fused-ring (bicyclic) bond motifs is 3. The highest BCUT2D eigenvalue weighted by molar-refractivity contribution is 9.11. The molecule has 0 radical (unpaired) electrons. The highest BCUT2D eigenvalue weighted by Gasteiger charge is 2.41. The first-order chi connectivity index (χ1) is 14.0. The van der Waals surface area contributed by atoms with Gasteiger partial charge < -0.3 is 4.74 Å². The number of ether oxygens (including phenoxy) is 1. The molecule has 0 aromatic heterocycles. The second kappa shape index (κ2) is 7.46. The topological polar surface area (TPSA) is 24.8 Å². The Morgan fingerprint density at radius 1 is 1.03 bits per heavy atom.